The van der Waals surface area contributed by atoms with Gasteiger partial charge in [0.15, 0.2) is 5.76 Å². The highest BCUT2D eigenvalue weighted by atomic mass is 16.3. The van der Waals surface area contributed by atoms with Crippen LogP contribution in [0.25, 0.3) is 11.3 Å². The van der Waals surface area contributed by atoms with Gasteiger partial charge in [-0.05, 0) is 24.3 Å². The molecule has 6 nitrogen and oxygen atoms in total. The second-order valence-electron chi connectivity index (χ2n) is 5.72. The van der Waals surface area contributed by atoms with Gasteiger partial charge in [-0.1, -0.05) is 30.3 Å². The van der Waals surface area contributed by atoms with Crippen LogP contribution in [0, 0.1) is 0 Å². The number of nitrogens with one attached hydrogen (secondary N) is 2. The molecule has 2 amide bonds. The zero-order valence-electron chi connectivity index (χ0n) is 14.2. The number of amides is 2. The van der Waals surface area contributed by atoms with E-state index < -0.39 is 0 Å². The minimum atomic E-state index is -0.298. The summed E-state index contributed by atoms with van der Waals surface area (Å²) in [6.45, 7) is 0.697. The van der Waals surface area contributed by atoms with Crippen molar-refractivity contribution in [2.75, 3.05) is 13.1 Å². The van der Waals surface area contributed by atoms with Gasteiger partial charge in [0.05, 0.1) is 6.26 Å². The van der Waals surface area contributed by atoms with Crippen molar-refractivity contribution < 1.29 is 18.4 Å². The predicted octanol–water partition coefficient (Wildman–Crippen LogP) is 3.02. The molecule has 26 heavy (non-hydrogen) atoms. The van der Waals surface area contributed by atoms with Gasteiger partial charge in [0.1, 0.15) is 11.5 Å². The normalized spacial score (nSPS) is 10.5. The number of carbonyl (C=O) groups is 2. The first-order valence-corrected chi connectivity index (χ1v) is 8.45. The van der Waals surface area contributed by atoms with E-state index in [2.05, 4.69) is 10.6 Å². The summed E-state index contributed by atoms with van der Waals surface area (Å²) in [6, 6.07) is 16.8. The van der Waals surface area contributed by atoms with Gasteiger partial charge in [-0.25, -0.2) is 0 Å². The Morgan fingerprint density at radius 2 is 1.69 bits per heavy atom. The van der Waals surface area contributed by atoms with Crippen molar-refractivity contribution in [3.05, 3.63) is 72.4 Å². The van der Waals surface area contributed by atoms with Gasteiger partial charge in [-0.15, -0.1) is 0 Å². The highest BCUT2D eigenvalue weighted by molar-refractivity contribution is 5.91. The Balaban J connectivity index is 1.35. The first kappa shape index (κ1) is 17.5. The average molecular weight is 352 g/mol. The van der Waals surface area contributed by atoms with Crippen LogP contribution in [0.5, 0.6) is 0 Å². The van der Waals surface area contributed by atoms with Crippen LogP contribution in [0.1, 0.15) is 22.7 Å². The summed E-state index contributed by atoms with van der Waals surface area (Å²) in [5.74, 6) is 1.43. The standard InChI is InChI=1S/C20H20N2O4/c23-19(21-12-13-22-20(24)18-7-4-14-25-18)11-9-16-8-10-17(26-16)15-5-2-1-3-6-15/h1-8,10,14H,9,11-13H2,(H,21,23)(H,22,24). The minimum Gasteiger partial charge on any atom is -0.461 e. The predicted molar refractivity (Wildman–Crippen MR) is 96.5 cm³/mol. The number of benzene rings is 1. The maximum Gasteiger partial charge on any atom is 0.287 e. The largest absolute Gasteiger partial charge is 0.461 e. The number of furan rings is 2. The first-order valence-electron chi connectivity index (χ1n) is 8.45. The van der Waals surface area contributed by atoms with Crippen LogP contribution >= 0.6 is 0 Å². The van der Waals surface area contributed by atoms with Crippen molar-refractivity contribution in [3.63, 3.8) is 0 Å². The monoisotopic (exact) mass is 352 g/mol. The molecule has 0 saturated heterocycles. The van der Waals surface area contributed by atoms with Gasteiger partial charge in [-0.3, -0.25) is 9.59 Å². The summed E-state index contributed by atoms with van der Waals surface area (Å²) in [5, 5.41) is 5.44. The van der Waals surface area contributed by atoms with E-state index in [-0.39, 0.29) is 17.6 Å². The molecule has 0 saturated carbocycles. The van der Waals surface area contributed by atoms with Crippen LogP contribution in [0.15, 0.2) is 69.7 Å². The molecule has 0 aliphatic heterocycles. The zero-order valence-corrected chi connectivity index (χ0v) is 14.2. The molecule has 2 heterocycles. The van der Waals surface area contributed by atoms with E-state index in [1.807, 2.05) is 42.5 Å². The highest BCUT2D eigenvalue weighted by Gasteiger charge is 2.09. The van der Waals surface area contributed by atoms with Gasteiger partial charge < -0.3 is 19.5 Å². The molecule has 3 aromatic rings. The minimum absolute atomic E-state index is 0.0880. The third-order valence-corrected chi connectivity index (χ3v) is 3.80. The molecule has 0 aliphatic rings. The lowest BCUT2D eigenvalue weighted by Gasteiger charge is -2.05. The van der Waals surface area contributed by atoms with Crippen molar-refractivity contribution in [1.29, 1.82) is 0 Å². The van der Waals surface area contributed by atoms with E-state index in [1.54, 1.807) is 12.1 Å². The number of hydrogen-bond acceptors (Lipinski definition) is 4. The molecular formula is C20H20N2O4. The summed E-state index contributed by atoms with van der Waals surface area (Å²) in [4.78, 5) is 23.5. The maximum atomic E-state index is 11.9. The van der Waals surface area contributed by atoms with Crippen molar-refractivity contribution in [2.24, 2.45) is 0 Å². The Hall–Kier alpha value is -3.28. The summed E-state index contributed by atoms with van der Waals surface area (Å²) < 4.78 is 10.8. The molecule has 0 atom stereocenters. The summed E-state index contributed by atoms with van der Waals surface area (Å²) in [5.41, 5.74) is 1.01. The first-order chi connectivity index (χ1) is 12.7. The number of rotatable bonds is 8. The van der Waals surface area contributed by atoms with Crippen molar-refractivity contribution in [3.8, 4) is 11.3 Å². The third-order valence-electron chi connectivity index (χ3n) is 3.80. The highest BCUT2D eigenvalue weighted by Crippen LogP contribution is 2.22. The average Bonchev–Trinajstić information content (AvgIpc) is 3.36. The van der Waals surface area contributed by atoms with Gasteiger partial charge >= 0.3 is 0 Å². The van der Waals surface area contributed by atoms with Gasteiger partial charge in [0.2, 0.25) is 5.91 Å². The molecule has 0 aliphatic carbocycles. The lowest BCUT2D eigenvalue weighted by molar-refractivity contribution is -0.121. The van der Waals surface area contributed by atoms with E-state index in [9.17, 15) is 9.59 Å². The lowest BCUT2D eigenvalue weighted by atomic mass is 10.2. The molecule has 2 aromatic heterocycles. The number of hydrogen-bond donors (Lipinski definition) is 2. The van der Waals surface area contributed by atoms with Crippen molar-refractivity contribution in [2.45, 2.75) is 12.8 Å². The van der Waals surface area contributed by atoms with E-state index in [1.165, 1.54) is 6.26 Å². The number of carbonyl (C=O) groups excluding carboxylic acids is 2. The molecule has 6 heteroatoms. The SMILES string of the molecule is O=C(CCc1ccc(-c2ccccc2)o1)NCCNC(=O)c1ccco1. The third kappa shape index (κ3) is 4.86. The molecule has 1 aromatic carbocycles. The summed E-state index contributed by atoms with van der Waals surface area (Å²) >= 11 is 0. The molecule has 0 unspecified atom stereocenters. The zero-order chi connectivity index (χ0) is 18.2. The Labute approximate surface area is 151 Å². The van der Waals surface area contributed by atoms with Crippen LogP contribution in [0.3, 0.4) is 0 Å². The Bertz CT molecular complexity index is 838. The fourth-order valence-electron chi connectivity index (χ4n) is 2.47. The second-order valence-corrected chi connectivity index (χ2v) is 5.72. The van der Waals surface area contributed by atoms with E-state index in [4.69, 9.17) is 8.83 Å². The molecular weight excluding hydrogens is 332 g/mol. The molecule has 0 fully saturated rings. The molecule has 134 valence electrons. The maximum absolute atomic E-state index is 11.9. The second kappa shape index (κ2) is 8.71. The Morgan fingerprint density at radius 1 is 0.885 bits per heavy atom. The van der Waals surface area contributed by atoms with Crippen LogP contribution in [-0.4, -0.2) is 24.9 Å². The van der Waals surface area contributed by atoms with Gasteiger partial charge in [0.25, 0.3) is 5.91 Å². The molecule has 0 radical (unpaired) electrons. The van der Waals surface area contributed by atoms with E-state index in [0.29, 0.717) is 25.9 Å². The molecule has 0 spiro atoms. The summed E-state index contributed by atoms with van der Waals surface area (Å²) in [7, 11) is 0. The number of aryl methyl sites for hydroxylation is 1. The van der Waals surface area contributed by atoms with E-state index >= 15 is 0 Å². The lowest BCUT2D eigenvalue weighted by Crippen LogP contribution is -2.34. The van der Waals surface area contributed by atoms with E-state index in [0.717, 1.165) is 17.1 Å². The molecule has 0 bridgehead atoms. The van der Waals surface area contributed by atoms with Gasteiger partial charge in [0, 0.05) is 31.5 Å². The fraction of sp³-hybridized carbons (Fsp3) is 0.200. The van der Waals surface area contributed by atoms with Crippen molar-refractivity contribution in [1.82, 2.24) is 10.6 Å². The quantitative estimate of drug-likeness (QED) is 0.610. The Morgan fingerprint density at radius 3 is 2.46 bits per heavy atom. The Kier molecular flexibility index (Phi) is 5.88. The molecule has 2 N–H and O–H groups in total. The smallest absolute Gasteiger partial charge is 0.287 e. The molecule has 3 rings (SSSR count). The van der Waals surface area contributed by atoms with Crippen molar-refractivity contribution >= 4 is 11.8 Å². The van der Waals surface area contributed by atoms with Crippen LogP contribution < -0.4 is 10.6 Å². The van der Waals surface area contributed by atoms with Gasteiger partial charge in [-0.2, -0.15) is 0 Å². The van der Waals surface area contributed by atoms with Crippen LogP contribution in [-0.2, 0) is 11.2 Å². The topological polar surface area (TPSA) is 84.5 Å². The van der Waals surface area contributed by atoms with Crippen LogP contribution in [0.2, 0.25) is 0 Å². The van der Waals surface area contributed by atoms with Crippen LogP contribution in [0.4, 0.5) is 0 Å². The summed E-state index contributed by atoms with van der Waals surface area (Å²) in [6.07, 6.45) is 2.29. The fourth-order valence-corrected chi connectivity index (χ4v) is 2.47.